The van der Waals surface area contributed by atoms with E-state index in [-0.39, 0.29) is 17.4 Å². The molecule has 0 bridgehead atoms. The monoisotopic (exact) mass is 368 g/mol. The Balaban J connectivity index is 3.18. The first kappa shape index (κ1) is 21.9. The molecule has 0 spiro atoms. The van der Waals surface area contributed by atoms with Crippen LogP contribution in [0.1, 0.15) is 61.3 Å². The van der Waals surface area contributed by atoms with Crippen molar-refractivity contribution in [1.82, 2.24) is 0 Å². The van der Waals surface area contributed by atoms with Gasteiger partial charge in [0, 0.05) is 19.3 Å². The lowest BCUT2D eigenvalue weighted by Crippen LogP contribution is -2.35. The van der Waals surface area contributed by atoms with Crippen molar-refractivity contribution < 1.29 is 19.1 Å². The molecule has 0 N–H and O–H groups in total. The molecule has 1 unspecified atom stereocenters. The average molecular weight is 369 g/mol. The maximum Gasteiger partial charge on any atom is 0.302 e. The fraction of sp³-hybridized carbons (Fsp3) is 0.800. The molecule has 144 valence electrons. The smallest absolute Gasteiger partial charge is 0.302 e. The molecule has 25 heavy (non-hydrogen) atoms. The van der Waals surface area contributed by atoms with Crippen LogP contribution in [0.2, 0.25) is 18.1 Å². The summed E-state index contributed by atoms with van der Waals surface area (Å²) >= 11 is 0. The minimum atomic E-state index is -1.42. The van der Waals surface area contributed by atoms with Crippen LogP contribution >= 0.6 is 0 Å². The van der Waals surface area contributed by atoms with Gasteiger partial charge in [0.05, 0.1) is 8.07 Å². The van der Waals surface area contributed by atoms with Gasteiger partial charge in [-0.25, -0.2) is 0 Å². The van der Waals surface area contributed by atoms with Gasteiger partial charge in [-0.3, -0.25) is 9.59 Å². The third-order valence-electron chi connectivity index (χ3n) is 6.37. The third kappa shape index (κ3) is 5.19. The van der Waals surface area contributed by atoms with Gasteiger partial charge in [0.25, 0.3) is 0 Å². The minimum Gasteiger partial charge on any atom is -0.465 e. The van der Waals surface area contributed by atoms with Gasteiger partial charge in [-0.1, -0.05) is 56.6 Å². The van der Waals surface area contributed by atoms with Crippen molar-refractivity contribution in [3.05, 3.63) is 10.8 Å². The lowest BCUT2D eigenvalue weighted by atomic mass is 9.87. The fourth-order valence-electron chi connectivity index (χ4n) is 4.58. The lowest BCUT2D eigenvalue weighted by Gasteiger charge is -2.32. The van der Waals surface area contributed by atoms with E-state index >= 15 is 0 Å². The molecule has 5 heteroatoms. The predicted molar refractivity (Wildman–Crippen MR) is 104 cm³/mol. The van der Waals surface area contributed by atoms with Gasteiger partial charge in [-0.2, -0.15) is 0 Å². The molecule has 1 saturated carbocycles. The van der Waals surface area contributed by atoms with Crippen LogP contribution in [-0.4, -0.2) is 33.2 Å². The Labute approximate surface area is 154 Å². The molecule has 0 radical (unpaired) electrons. The summed E-state index contributed by atoms with van der Waals surface area (Å²) in [7, 11) is -1.42. The molecule has 0 aromatic carbocycles. The van der Waals surface area contributed by atoms with Crippen molar-refractivity contribution in [2.45, 2.75) is 79.4 Å². The first-order valence-corrected chi connectivity index (χ1v) is 12.2. The van der Waals surface area contributed by atoms with E-state index in [0.717, 1.165) is 12.8 Å². The number of carbonyl (C=O) groups excluding carboxylic acids is 2. The van der Waals surface area contributed by atoms with E-state index in [1.807, 2.05) is 0 Å². The van der Waals surface area contributed by atoms with E-state index in [1.165, 1.54) is 37.6 Å². The first-order chi connectivity index (χ1) is 11.6. The quantitative estimate of drug-likeness (QED) is 0.452. The Morgan fingerprint density at radius 2 is 1.44 bits per heavy atom. The summed E-state index contributed by atoms with van der Waals surface area (Å²) < 4.78 is 10.7. The Morgan fingerprint density at radius 1 is 1.00 bits per heavy atom. The zero-order valence-corrected chi connectivity index (χ0v) is 18.2. The average Bonchev–Trinajstić information content (AvgIpc) is 2.90. The Morgan fingerprint density at radius 3 is 1.80 bits per heavy atom. The minimum absolute atomic E-state index is 0.275. The number of carbonyl (C=O) groups is 2. The number of rotatable bonds is 8. The molecule has 4 nitrogen and oxygen atoms in total. The molecular formula is C20H36O4Si. The molecule has 1 fully saturated rings. The maximum atomic E-state index is 11.3. The molecule has 1 aliphatic rings. The van der Waals surface area contributed by atoms with E-state index in [0.29, 0.717) is 19.1 Å². The summed E-state index contributed by atoms with van der Waals surface area (Å²) in [6.45, 7) is 15.1. The van der Waals surface area contributed by atoms with E-state index in [9.17, 15) is 9.59 Å². The van der Waals surface area contributed by atoms with Gasteiger partial charge in [0.15, 0.2) is 0 Å². The highest BCUT2D eigenvalue weighted by Crippen LogP contribution is 2.49. The Kier molecular flexibility index (Phi) is 7.91. The summed E-state index contributed by atoms with van der Waals surface area (Å²) in [6.07, 6.45) is 1.77. The van der Waals surface area contributed by atoms with Crippen molar-refractivity contribution in [3.8, 4) is 0 Å². The van der Waals surface area contributed by atoms with Gasteiger partial charge < -0.3 is 9.47 Å². The van der Waals surface area contributed by atoms with Gasteiger partial charge in [-0.15, -0.1) is 0 Å². The SMILES string of the molecule is CC[Si](CC)(CC)/C(C)=C1/CC(COC(C)=O)(COC(C)=O)CC1C. The molecule has 0 heterocycles. The molecule has 0 aromatic rings. The van der Waals surface area contributed by atoms with Crippen LogP contribution in [0, 0.1) is 11.3 Å². The third-order valence-corrected chi connectivity index (χ3v) is 12.3. The Bertz CT molecular complexity index is 494. The van der Waals surface area contributed by atoms with Gasteiger partial charge >= 0.3 is 11.9 Å². The van der Waals surface area contributed by atoms with Crippen molar-refractivity contribution >= 4 is 20.0 Å². The van der Waals surface area contributed by atoms with Crippen molar-refractivity contribution in [2.75, 3.05) is 13.2 Å². The largest absolute Gasteiger partial charge is 0.465 e. The highest BCUT2D eigenvalue weighted by Gasteiger charge is 2.45. The van der Waals surface area contributed by atoms with E-state index < -0.39 is 8.07 Å². The molecule has 0 saturated heterocycles. The zero-order chi connectivity index (χ0) is 19.3. The Hall–Kier alpha value is -1.10. The number of allylic oxidation sites excluding steroid dienone is 2. The van der Waals surface area contributed by atoms with Crippen molar-refractivity contribution in [3.63, 3.8) is 0 Å². The summed E-state index contributed by atoms with van der Waals surface area (Å²) in [5.74, 6) is -0.102. The van der Waals surface area contributed by atoms with Crippen LogP contribution in [0.25, 0.3) is 0 Å². The second kappa shape index (κ2) is 9.02. The summed E-state index contributed by atoms with van der Waals surface area (Å²) in [6, 6.07) is 3.80. The topological polar surface area (TPSA) is 52.6 Å². The molecule has 1 atom stereocenters. The normalized spacial score (nSPS) is 21.8. The first-order valence-electron chi connectivity index (χ1n) is 9.62. The fourth-order valence-corrected chi connectivity index (χ4v) is 8.69. The lowest BCUT2D eigenvalue weighted by molar-refractivity contribution is -0.151. The number of hydrogen-bond donors (Lipinski definition) is 0. The standard InChI is InChI=1S/C20H36O4Si/c1-8-25(9-2,10-3)16(5)19-12-20(11-15(19)4,13-23-17(6)21)14-24-18(7)22/h15H,8-14H2,1-7H3/b19-16-. The summed E-state index contributed by atoms with van der Waals surface area (Å²) in [4.78, 5) is 22.7. The van der Waals surface area contributed by atoms with Crippen LogP contribution in [0.5, 0.6) is 0 Å². The van der Waals surface area contributed by atoms with Gasteiger partial charge in [-0.05, 0) is 25.7 Å². The van der Waals surface area contributed by atoms with Crippen LogP contribution in [0.4, 0.5) is 0 Å². The van der Waals surface area contributed by atoms with Gasteiger partial charge in [0.2, 0.25) is 0 Å². The maximum absolute atomic E-state index is 11.3. The molecule has 0 aliphatic heterocycles. The predicted octanol–water partition coefficient (Wildman–Crippen LogP) is 4.89. The summed E-state index contributed by atoms with van der Waals surface area (Å²) in [5, 5.41) is 1.63. The van der Waals surface area contributed by atoms with Crippen molar-refractivity contribution in [1.29, 1.82) is 0 Å². The van der Waals surface area contributed by atoms with Crippen LogP contribution < -0.4 is 0 Å². The van der Waals surface area contributed by atoms with E-state index in [2.05, 4.69) is 34.6 Å². The number of ether oxygens (including phenoxy) is 2. The molecule has 1 aliphatic carbocycles. The molecule has 0 aromatic heterocycles. The molecular weight excluding hydrogens is 332 g/mol. The van der Waals surface area contributed by atoms with E-state index in [4.69, 9.17) is 9.47 Å². The highest BCUT2D eigenvalue weighted by molar-refractivity contribution is 6.86. The van der Waals surface area contributed by atoms with Crippen LogP contribution in [0.15, 0.2) is 10.8 Å². The molecule has 1 rings (SSSR count). The second-order valence-electron chi connectivity index (χ2n) is 7.83. The van der Waals surface area contributed by atoms with E-state index in [1.54, 1.807) is 5.20 Å². The number of esters is 2. The molecule has 0 amide bonds. The second-order valence-corrected chi connectivity index (χ2v) is 13.3. The summed E-state index contributed by atoms with van der Waals surface area (Å²) in [5.41, 5.74) is 1.25. The van der Waals surface area contributed by atoms with Crippen LogP contribution in [0.3, 0.4) is 0 Å². The van der Waals surface area contributed by atoms with Crippen molar-refractivity contribution in [2.24, 2.45) is 11.3 Å². The van der Waals surface area contributed by atoms with Crippen LogP contribution in [-0.2, 0) is 19.1 Å². The highest BCUT2D eigenvalue weighted by atomic mass is 28.3. The zero-order valence-electron chi connectivity index (χ0n) is 17.2. The number of hydrogen-bond acceptors (Lipinski definition) is 4. The van der Waals surface area contributed by atoms with Gasteiger partial charge in [0.1, 0.15) is 13.2 Å².